The summed E-state index contributed by atoms with van der Waals surface area (Å²) in [5, 5.41) is 4.19. The second kappa shape index (κ2) is 8.21. The van der Waals surface area contributed by atoms with Crippen molar-refractivity contribution in [1.82, 2.24) is 9.80 Å². The maximum absolute atomic E-state index is 12.6. The van der Waals surface area contributed by atoms with Crippen molar-refractivity contribution in [1.29, 1.82) is 0 Å². The van der Waals surface area contributed by atoms with Crippen LogP contribution in [0.3, 0.4) is 0 Å². The van der Waals surface area contributed by atoms with E-state index in [9.17, 15) is 4.79 Å². The highest BCUT2D eigenvalue weighted by atomic mass is 32.1. The number of morpholine rings is 1. The molecule has 0 saturated carbocycles. The SMILES string of the molecule is O=C(Cc1cccs1)N1CCCC2(CC1)CN(Cc1cccs1)CCO2. The minimum Gasteiger partial charge on any atom is -0.372 e. The van der Waals surface area contributed by atoms with Gasteiger partial charge in [-0.1, -0.05) is 12.1 Å². The van der Waals surface area contributed by atoms with Gasteiger partial charge < -0.3 is 9.64 Å². The molecular formula is C20H26N2O2S2. The van der Waals surface area contributed by atoms with Gasteiger partial charge in [-0.3, -0.25) is 9.69 Å². The van der Waals surface area contributed by atoms with Gasteiger partial charge in [-0.05, 0) is 42.2 Å². The van der Waals surface area contributed by atoms with Crippen LogP contribution >= 0.6 is 22.7 Å². The first-order chi connectivity index (χ1) is 12.7. The molecule has 0 N–H and O–H groups in total. The van der Waals surface area contributed by atoms with Crippen LogP contribution in [0.5, 0.6) is 0 Å². The van der Waals surface area contributed by atoms with Crippen molar-refractivity contribution in [2.75, 3.05) is 32.8 Å². The summed E-state index contributed by atoms with van der Waals surface area (Å²) in [6, 6.07) is 8.40. The van der Waals surface area contributed by atoms with E-state index in [-0.39, 0.29) is 11.5 Å². The number of hydrogen-bond donors (Lipinski definition) is 0. The number of rotatable bonds is 4. The first kappa shape index (κ1) is 18.2. The highest BCUT2D eigenvalue weighted by Crippen LogP contribution is 2.31. The maximum Gasteiger partial charge on any atom is 0.227 e. The van der Waals surface area contributed by atoms with Gasteiger partial charge in [-0.25, -0.2) is 0 Å². The minimum atomic E-state index is -0.0759. The van der Waals surface area contributed by atoms with Crippen molar-refractivity contribution in [2.24, 2.45) is 0 Å². The Hall–Kier alpha value is -1.21. The monoisotopic (exact) mass is 390 g/mol. The molecule has 2 aromatic heterocycles. The van der Waals surface area contributed by atoms with Crippen molar-refractivity contribution in [2.45, 2.75) is 37.8 Å². The second-order valence-electron chi connectivity index (χ2n) is 7.31. The Morgan fingerprint density at radius 1 is 1.08 bits per heavy atom. The average molecular weight is 391 g/mol. The number of amides is 1. The average Bonchev–Trinajstić information content (AvgIpc) is 3.29. The molecule has 0 aromatic carbocycles. The third kappa shape index (κ3) is 4.36. The van der Waals surface area contributed by atoms with Crippen LogP contribution in [0, 0.1) is 0 Å². The van der Waals surface area contributed by atoms with Gasteiger partial charge in [0.2, 0.25) is 5.91 Å². The molecular weight excluding hydrogens is 364 g/mol. The molecule has 26 heavy (non-hydrogen) atoms. The second-order valence-corrected chi connectivity index (χ2v) is 9.38. The number of carbonyl (C=O) groups is 1. The third-order valence-electron chi connectivity index (χ3n) is 5.44. The molecule has 1 atom stereocenters. The van der Waals surface area contributed by atoms with E-state index in [0.29, 0.717) is 6.42 Å². The fraction of sp³-hybridized carbons (Fsp3) is 0.550. The normalized spacial score (nSPS) is 24.7. The van der Waals surface area contributed by atoms with E-state index in [1.54, 1.807) is 11.3 Å². The van der Waals surface area contributed by atoms with E-state index in [1.807, 2.05) is 22.8 Å². The molecule has 2 aromatic rings. The molecule has 1 spiro atoms. The van der Waals surface area contributed by atoms with Crippen LogP contribution in [-0.4, -0.2) is 54.1 Å². The molecule has 6 heteroatoms. The number of carbonyl (C=O) groups excluding carboxylic acids is 1. The molecule has 2 fully saturated rings. The van der Waals surface area contributed by atoms with E-state index < -0.39 is 0 Å². The predicted molar refractivity (Wildman–Crippen MR) is 107 cm³/mol. The summed E-state index contributed by atoms with van der Waals surface area (Å²) in [5.41, 5.74) is -0.0759. The third-order valence-corrected chi connectivity index (χ3v) is 7.18. The summed E-state index contributed by atoms with van der Waals surface area (Å²) in [5.74, 6) is 0.260. The van der Waals surface area contributed by atoms with Crippen LogP contribution in [0.1, 0.15) is 29.0 Å². The van der Waals surface area contributed by atoms with E-state index in [0.717, 1.165) is 63.5 Å². The molecule has 0 aliphatic carbocycles. The molecule has 2 saturated heterocycles. The van der Waals surface area contributed by atoms with Crippen molar-refractivity contribution in [3.63, 3.8) is 0 Å². The van der Waals surface area contributed by atoms with Crippen LogP contribution in [-0.2, 0) is 22.5 Å². The molecule has 140 valence electrons. The summed E-state index contributed by atoms with van der Waals surface area (Å²) in [6.07, 6.45) is 3.57. The Morgan fingerprint density at radius 2 is 1.88 bits per heavy atom. The van der Waals surface area contributed by atoms with E-state index in [1.165, 1.54) is 4.88 Å². The van der Waals surface area contributed by atoms with Crippen molar-refractivity contribution in [3.8, 4) is 0 Å². The van der Waals surface area contributed by atoms with Crippen molar-refractivity contribution in [3.05, 3.63) is 44.8 Å². The predicted octanol–water partition coefficient (Wildman–Crippen LogP) is 3.64. The molecule has 1 amide bonds. The number of ether oxygens (including phenoxy) is 1. The largest absolute Gasteiger partial charge is 0.372 e. The van der Waals surface area contributed by atoms with E-state index in [2.05, 4.69) is 33.4 Å². The van der Waals surface area contributed by atoms with Crippen molar-refractivity contribution < 1.29 is 9.53 Å². The molecule has 1 unspecified atom stereocenters. The molecule has 4 rings (SSSR count). The van der Waals surface area contributed by atoms with Crippen LogP contribution in [0.2, 0.25) is 0 Å². The van der Waals surface area contributed by atoms with Gasteiger partial charge in [-0.15, -0.1) is 22.7 Å². The number of nitrogens with zero attached hydrogens (tertiary/aromatic N) is 2. The van der Waals surface area contributed by atoms with Gasteiger partial charge in [-0.2, -0.15) is 0 Å². The van der Waals surface area contributed by atoms with Crippen LogP contribution in [0.15, 0.2) is 35.0 Å². The van der Waals surface area contributed by atoms with Gasteiger partial charge in [0.15, 0.2) is 0 Å². The molecule has 4 nitrogen and oxygen atoms in total. The van der Waals surface area contributed by atoms with E-state index in [4.69, 9.17) is 4.74 Å². The molecule has 2 aliphatic heterocycles. The highest BCUT2D eigenvalue weighted by molar-refractivity contribution is 7.10. The smallest absolute Gasteiger partial charge is 0.227 e. The van der Waals surface area contributed by atoms with Gasteiger partial charge in [0.1, 0.15) is 0 Å². The van der Waals surface area contributed by atoms with Gasteiger partial charge >= 0.3 is 0 Å². The van der Waals surface area contributed by atoms with E-state index >= 15 is 0 Å². The summed E-state index contributed by atoms with van der Waals surface area (Å²) in [7, 11) is 0. The van der Waals surface area contributed by atoms with Gasteiger partial charge in [0, 0.05) is 42.5 Å². The van der Waals surface area contributed by atoms with Crippen LogP contribution < -0.4 is 0 Å². The lowest BCUT2D eigenvalue weighted by atomic mass is 9.92. The Bertz CT molecular complexity index is 701. The lowest BCUT2D eigenvalue weighted by Gasteiger charge is -2.42. The molecule has 4 heterocycles. The molecule has 2 aliphatic rings. The van der Waals surface area contributed by atoms with Gasteiger partial charge in [0.25, 0.3) is 0 Å². The fourth-order valence-corrected chi connectivity index (χ4v) is 5.52. The Morgan fingerprint density at radius 3 is 2.65 bits per heavy atom. The number of hydrogen-bond acceptors (Lipinski definition) is 5. The topological polar surface area (TPSA) is 32.8 Å². The summed E-state index contributed by atoms with van der Waals surface area (Å²) in [6.45, 7) is 5.48. The summed E-state index contributed by atoms with van der Waals surface area (Å²) in [4.78, 5) is 19.8. The molecule has 0 radical (unpaired) electrons. The number of thiophene rings is 2. The van der Waals surface area contributed by atoms with Gasteiger partial charge in [0.05, 0.1) is 18.6 Å². The number of likely N-dealkylation sites (tertiary alicyclic amines) is 1. The maximum atomic E-state index is 12.6. The van der Waals surface area contributed by atoms with Crippen molar-refractivity contribution >= 4 is 28.6 Å². The summed E-state index contributed by atoms with van der Waals surface area (Å²) < 4.78 is 6.30. The Labute approximate surface area is 163 Å². The Kier molecular flexibility index (Phi) is 5.74. The zero-order chi connectivity index (χ0) is 17.8. The highest BCUT2D eigenvalue weighted by Gasteiger charge is 2.38. The quantitative estimate of drug-likeness (QED) is 0.799. The first-order valence-corrected chi connectivity index (χ1v) is 11.2. The lowest BCUT2D eigenvalue weighted by molar-refractivity contribution is -0.132. The standard InChI is InChI=1S/C20H26N2O2S2/c23-19(14-17-4-1-12-25-17)22-8-3-6-20(7-9-22)16-21(10-11-24-20)15-18-5-2-13-26-18/h1-2,4-5,12-13H,3,6-11,14-16H2. The Balaban J connectivity index is 1.35. The lowest BCUT2D eigenvalue weighted by Crippen LogP contribution is -2.51. The first-order valence-electron chi connectivity index (χ1n) is 9.41. The molecule has 0 bridgehead atoms. The fourth-order valence-electron chi connectivity index (χ4n) is 4.07. The zero-order valence-electron chi connectivity index (χ0n) is 15.1. The summed E-state index contributed by atoms with van der Waals surface area (Å²) >= 11 is 3.49. The van der Waals surface area contributed by atoms with Crippen LogP contribution in [0.4, 0.5) is 0 Å². The zero-order valence-corrected chi connectivity index (χ0v) is 16.7. The minimum absolute atomic E-state index is 0.0759. The van der Waals surface area contributed by atoms with Crippen LogP contribution in [0.25, 0.3) is 0 Å².